The van der Waals surface area contributed by atoms with Crippen LogP contribution in [0.3, 0.4) is 0 Å². The van der Waals surface area contributed by atoms with Crippen molar-refractivity contribution in [2.45, 2.75) is 12.1 Å². The summed E-state index contributed by atoms with van der Waals surface area (Å²) in [5, 5.41) is 2.00. The average Bonchev–Trinajstić information content (AvgIpc) is 2.58. The fourth-order valence-corrected chi connectivity index (χ4v) is 2.10. The van der Waals surface area contributed by atoms with Crippen molar-refractivity contribution >= 4 is 11.8 Å². The first-order valence-electron chi connectivity index (χ1n) is 7.18. The smallest absolute Gasteiger partial charge is 0.417 e. The molecule has 1 aromatic carbocycles. The van der Waals surface area contributed by atoms with Gasteiger partial charge in [-0.25, -0.2) is 18.6 Å². The Labute approximate surface area is 148 Å². The highest BCUT2D eigenvalue weighted by atomic mass is 19.4. The Morgan fingerprint density at radius 1 is 1.15 bits per heavy atom. The van der Waals surface area contributed by atoms with Crippen molar-refractivity contribution in [3.8, 4) is 0 Å². The molecule has 146 valence electrons. The topological polar surface area (TPSA) is 51.2 Å². The third kappa shape index (κ3) is 4.66. The quantitative estimate of drug-likeness (QED) is 0.603. The first-order chi connectivity index (χ1) is 12.5. The maximum absolute atomic E-state index is 14.2. The van der Waals surface area contributed by atoms with E-state index in [-0.39, 0.29) is 6.07 Å². The number of methoxy groups -OCH3 is 1. The lowest BCUT2D eigenvalue weighted by Crippen LogP contribution is -2.27. The van der Waals surface area contributed by atoms with Gasteiger partial charge in [0.05, 0.1) is 24.8 Å². The summed E-state index contributed by atoms with van der Waals surface area (Å²) >= 11 is 0. The van der Waals surface area contributed by atoms with E-state index in [1.54, 1.807) is 0 Å². The lowest BCUT2D eigenvalue weighted by Gasteiger charge is -2.19. The molecule has 11 heteroatoms. The van der Waals surface area contributed by atoms with Crippen LogP contribution < -0.4 is 5.32 Å². The molecule has 0 fully saturated rings. The van der Waals surface area contributed by atoms with Crippen LogP contribution in [0, 0.1) is 11.6 Å². The molecule has 1 aromatic heterocycles. The summed E-state index contributed by atoms with van der Waals surface area (Å²) in [6.07, 6.45) is -4.49. The highest BCUT2D eigenvalue weighted by molar-refractivity contribution is 5.94. The van der Waals surface area contributed by atoms with Crippen molar-refractivity contribution < 1.29 is 40.3 Å². The van der Waals surface area contributed by atoms with E-state index in [0.717, 1.165) is 7.11 Å². The Morgan fingerprint density at radius 2 is 1.81 bits per heavy atom. The van der Waals surface area contributed by atoms with Gasteiger partial charge in [0, 0.05) is 12.3 Å². The van der Waals surface area contributed by atoms with Crippen LogP contribution in [0.15, 0.2) is 30.5 Å². The summed E-state index contributed by atoms with van der Waals surface area (Å²) in [5.74, 6) is -8.30. The minimum atomic E-state index is -4.82. The van der Waals surface area contributed by atoms with Crippen molar-refractivity contribution in [1.29, 1.82) is 0 Å². The number of nitrogens with one attached hydrogen (secondary N) is 1. The molecule has 0 unspecified atom stereocenters. The number of carbonyl (C=O) groups is 1. The first kappa shape index (κ1) is 20.5. The van der Waals surface area contributed by atoms with Crippen LogP contribution in [-0.2, 0) is 16.8 Å². The normalized spacial score (nSPS) is 12.0. The molecular formula is C16H11F7N2O2. The molecule has 0 aliphatic heterocycles. The zero-order valence-electron chi connectivity index (χ0n) is 13.5. The Balaban J connectivity index is 2.32. The Hall–Kier alpha value is -2.85. The molecule has 0 bridgehead atoms. The molecule has 1 N–H and O–H groups in total. The zero-order chi connectivity index (χ0) is 20.4. The van der Waals surface area contributed by atoms with Crippen molar-refractivity contribution in [1.82, 2.24) is 4.98 Å². The number of esters is 1. The van der Waals surface area contributed by atoms with Gasteiger partial charge in [-0.3, -0.25) is 0 Å². The number of ether oxygens (including phenoxy) is 1. The summed E-state index contributed by atoms with van der Waals surface area (Å²) in [5.41, 5.74) is -3.16. The van der Waals surface area contributed by atoms with Crippen LogP contribution >= 0.6 is 0 Å². The fraction of sp³-hybridized carbons (Fsp3) is 0.250. The monoisotopic (exact) mass is 396 g/mol. The van der Waals surface area contributed by atoms with Crippen molar-refractivity contribution in [2.24, 2.45) is 0 Å². The van der Waals surface area contributed by atoms with Gasteiger partial charge in [0.1, 0.15) is 23.0 Å². The van der Waals surface area contributed by atoms with Crippen LogP contribution in [0.5, 0.6) is 0 Å². The molecule has 0 aliphatic carbocycles. The number of anilines is 1. The van der Waals surface area contributed by atoms with Gasteiger partial charge in [-0.15, -0.1) is 0 Å². The van der Waals surface area contributed by atoms with E-state index in [1.165, 1.54) is 0 Å². The summed E-state index contributed by atoms with van der Waals surface area (Å²) in [6, 6.07) is 1.81. The number of alkyl halides is 5. The predicted octanol–water partition coefficient (Wildman–Crippen LogP) is 4.37. The second kappa shape index (κ2) is 7.41. The Kier molecular flexibility index (Phi) is 5.62. The lowest BCUT2D eigenvalue weighted by atomic mass is 10.1. The Morgan fingerprint density at radius 3 is 2.37 bits per heavy atom. The largest absolute Gasteiger partial charge is 0.465 e. The highest BCUT2D eigenvalue weighted by Crippen LogP contribution is 2.33. The number of hydrogen-bond acceptors (Lipinski definition) is 4. The maximum Gasteiger partial charge on any atom is 0.417 e. The summed E-state index contributed by atoms with van der Waals surface area (Å²) in [7, 11) is 0.884. The molecule has 0 saturated carbocycles. The highest BCUT2D eigenvalue weighted by Gasteiger charge is 2.36. The maximum atomic E-state index is 14.2. The van der Waals surface area contributed by atoms with Crippen molar-refractivity contribution in [2.75, 3.05) is 19.0 Å². The van der Waals surface area contributed by atoms with Crippen LogP contribution in [0.4, 0.5) is 36.6 Å². The Bertz CT molecular complexity index is 853. The number of nitrogens with zero attached hydrogens (tertiary/aromatic N) is 1. The van der Waals surface area contributed by atoms with E-state index in [1.807, 2.05) is 5.32 Å². The van der Waals surface area contributed by atoms with Crippen molar-refractivity contribution in [3.63, 3.8) is 0 Å². The second-order valence-electron chi connectivity index (χ2n) is 5.29. The molecule has 27 heavy (non-hydrogen) atoms. The fourth-order valence-electron chi connectivity index (χ4n) is 2.10. The molecule has 0 saturated heterocycles. The predicted molar refractivity (Wildman–Crippen MR) is 79.3 cm³/mol. The SMILES string of the molecule is COC(=O)c1cc(C(F)(F)F)cnc1NCC(F)(F)c1ccc(F)cc1F. The molecule has 2 rings (SSSR count). The summed E-state index contributed by atoms with van der Waals surface area (Å²) < 4.78 is 97.3. The molecule has 1 heterocycles. The number of carbonyl (C=O) groups excluding carboxylic acids is 1. The van der Waals surface area contributed by atoms with Gasteiger partial charge in [0.2, 0.25) is 0 Å². The van der Waals surface area contributed by atoms with Crippen molar-refractivity contribution in [3.05, 3.63) is 58.8 Å². The van der Waals surface area contributed by atoms with E-state index in [2.05, 4.69) is 9.72 Å². The van der Waals surface area contributed by atoms with Crippen LogP contribution in [-0.4, -0.2) is 24.6 Å². The number of pyridine rings is 1. The van der Waals surface area contributed by atoms with E-state index in [0.29, 0.717) is 24.4 Å². The molecule has 0 aliphatic rings. The first-order valence-corrected chi connectivity index (χ1v) is 7.18. The second-order valence-corrected chi connectivity index (χ2v) is 5.29. The number of hydrogen-bond donors (Lipinski definition) is 1. The van der Waals surface area contributed by atoms with Gasteiger partial charge in [-0.2, -0.15) is 22.0 Å². The van der Waals surface area contributed by atoms with Crippen LogP contribution in [0.2, 0.25) is 0 Å². The summed E-state index contributed by atoms with van der Waals surface area (Å²) in [6.45, 7) is -1.32. The van der Waals surface area contributed by atoms with E-state index in [9.17, 15) is 35.5 Å². The van der Waals surface area contributed by atoms with E-state index < -0.39 is 58.8 Å². The van der Waals surface area contributed by atoms with Gasteiger partial charge < -0.3 is 10.1 Å². The number of halogens is 7. The molecule has 4 nitrogen and oxygen atoms in total. The van der Waals surface area contributed by atoms with Gasteiger partial charge in [0.15, 0.2) is 0 Å². The van der Waals surface area contributed by atoms with E-state index >= 15 is 0 Å². The van der Waals surface area contributed by atoms with Gasteiger partial charge in [-0.1, -0.05) is 0 Å². The molecular weight excluding hydrogens is 385 g/mol. The third-order valence-electron chi connectivity index (χ3n) is 3.42. The minimum absolute atomic E-state index is 0.263. The number of rotatable bonds is 5. The number of aromatic nitrogens is 1. The minimum Gasteiger partial charge on any atom is -0.465 e. The number of benzene rings is 1. The lowest BCUT2D eigenvalue weighted by molar-refractivity contribution is -0.137. The molecule has 0 spiro atoms. The molecule has 2 aromatic rings. The van der Waals surface area contributed by atoms with Gasteiger partial charge in [0.25, 0.3) is 5.92 Å². The third-order valence-corrected chi connectivity index (χ3v) is 3.42. The van der Waals surface area contributed by atoms with Gasteiger partial charge in [-0.05, 0) is 18.2 Å². The summed E-state index contributed by atoms with van der Waals surface area (Å²) in [4.78, 5) is 15.0. The molecule has 0 radical (unpaired) electrons. The van der Waals surface area contributed by atoms with Crippen LogP contribution in [0.25, 0.3) is 0 Å². The molecule has 0 atom stereocenters. The van der Waals surface area contributed by atoms with E-state index in [4.69, 9.17) is 0 Å². The molecule has 0 amide bonds. The van der Waals surface area contributed by atoms with Gasteiger partial charge >= 0.3 is 12.1 Å². The van der Waals surface area contributed by atoms with Crippen LogP contribution in [0.1, 0.15) is 21.5 Å². The zero-order valence-corrected chi connectivity index (χ0v) is 13.5. The average molecular weight is 396 g/mol. The standard InChI is InChI=1S/C16H11F7N2O2/c1-27-14(26)10-4-8(16(21,22)23)6-24-13(10)25-7-15(19,20)11-3-2-9(17)5-12(11)18/h2-6H,7H2,1H3,(H,24,25).